The van der Waals surface area contributed by atoms with Crippen molar-refractivity contribution in [1.29, 1.82) is 0 Å². The minimum absolute atomic E-state index is 0.387. The van der Waals surface area contributed by atoms with E-state index in [1.54, 1.807) is 0 Å². The Bertz CT molecular complexity index is 615. The summed E-state index contributed by atoms with van der Waals surface area (Å²) in [7, 11) is 0. The fourth-order valence-corrected chi connectivity index (χ4v) is 3.37. The van der Waals surface area contributed by atoms with Crippen LogP contribution in [0.2, 0.25) is 0 Å². The highest BCUT2D eigenvalue weighted by molar-refractivity contribution is 5.95. The van der Waals surface area contributed by atoms with Gasteiger partial charge in [-0.05, 0) is 42.2 Å². The normalized spacial score (nSPS) is 21.4. The number of nitrogens with two attached hydrogens (primary N) is 1. The molecule has 0 heterocycles. The molecular weight excluding hydrogens is 272 g/mol. The Morgan fingerprint density at radius 1 is 0.864 bits per heavy atom. The monoisotopic (exact) mass is 292 g/mol. The molecule has 0 saturated heterocycles. The number of rotatable bonds is 2. The van der Waals surface area contributed by atoms with Gasteiger partial charge in [0.1, 0.15) is 0 Å². The van der Waals surface area contributed by atoms with E-state index in [1.807, 2.05) is 12.1 Å². The van der Waals surface area contributed by atoms with Gasteiger partial charge >= 0.3 is 6.03 Å². The van der Waals surface area contributed by atoms with E-state index in [2.05, 4.69) is 53.5 Å². The zero-order chi connectivity index (χ0) is 15.4. The highest BCUT2D eigenvalue weighted by Crippen LogP contribution is 2.40. The van der Waals surface area contributed by atoms with E-state index >= 15 is 0 Å². The van der Waals surface area contributed by atoms with Gasteiger partial charge in [0.05, 0.1) is 0 Å². The number of urea groups is 1. The molecule has 0 aromatic heterocycles. The van der Waals surface area contributed by atoms with E-state index in [1.165, 1.54) is 11.1 Å². The molecule has 112 valence electrons. The molecule has 1 aliphatic carbocycles. The van der Waals surface area contributed by atoms with Crippen LogP contribution in [0.5, 0.6) is 0 Å². The van der Waals surface area contributed by atoms with Gasteiger partial charge in [0.15, 0.2) is 0 Å². The fourth-order valence-electron chi connectivity index (χ4n) is 3.37. The summed E-state index contributed by atoms with van der Waals surface area (Å²) < 4.78 is 0. The van der Waals surface area contributed by atoms with Crippen molar-refractivity contribution in [2.24, 2.45) is 10.7 Å². The van der Waals surface area contributed by atoms with E-state index in [0.717, 1.165) is 25.0 Å². The summed E-state index contributed by atoms with van der Waals surface area (Å²) in [5, 5.41) is 0. The van der Waals surface area contributed by atoms with Crippen molar-refractivity contribution in [3.63, 3.8) is 0 Å². The van der Waals surface area contributed by atoms with Crippen LogP contribution in [-0.4, -0.2) is 11.7 Å². The number of amides is 2. The summed E-state index contributed by atoms with van der Waals surface area (Å²) in [5.74, 6) is 0.775. The van der Waals surface area contributed by atoms with E-state index in [0.29, 0.717) is 11.8 Å². The first-order valence-electron chi connectivity index (χ1n) is 7.68. The van der Waals surface area contributed by atoms with Gasteiger partial charge in [-0.2, -0.15) is 0 Å². The Morgan fingerprint density at radius 3 is 1.73 bits per heavy atom. The van der Waals surface area contributed by atoms with Crippen molar-refractivity contribution < 1.29 is 4.79 Å². The van der Waals surface area contributed by atoms with Gasteiger partial charge < -0.3 is 5.73 Å². The lowest BCUT2D eigenvalue weighted by atomic mass is 9.74. The number of hydrogen-bond acceptors (Lipinski definition) is 1. The average Bonchev–Trinajstić information content (AvgIpc) is 2.55. The van der Waals surface area contributed by atoms with Crippen molar-refractivity contribution in [3.05, 3.63) is 71.8 Å². The van der Waals surface area contributed by atoms with Crippen molar-refractivity contribution in [1.82, 2.24) is 0 Å². The number of benzene rings is 2. The Labute approximate surface area is 130 Å². The topological polar surface area (TPSA) is 55.5 Å². The third kappa shape index (κ3) is 3.42. The fraction of sp³-hybridized carbons (Fsp3) is 0.263. The molecule has 3 nitrogen and oxygen atoms in total. The minimum atomic E-state index is -0.587. The number of carbonyl (C=O) groups is 1. The van der Waals surface area contributed by atoms with Gasteiger partial charge in [0.2, 0.25) is 0 Å². The summed E-state index contributed by atoms with van der Waals surface area (Å²) in [6.07, 6.45) is 2.71. The van der Waals surface area contributed by atoms with Crippen LogP contribution in [0.3, 0.4) is 0 Å². The molecule has 2 aromatic carbocycles. The molecule has 2 amide bonds. The molecule has 2 unspecified atom stereocenters. The third-order valence-electron chi connectivity index (χ3n) is 4.34. The first kappa shape index (κ1) is 14.5. The second kappa shape index (κ2) is 6.56. The van der Waals surface area contributed by atoms with E-state index in [9.17, 15) is 4.79 Å². The van der Waals surface area contributed by atoms with Crippen molar-refractivity contribution in [3.8, 4) is 0 Å². The summed E-state index contributed by atoms with van der Waals surface area (Å²) in [6, 6.07) is 20.3. The first-order chi connectivity index (χ1) is 10.7. The van der Waals surface area contributed by atoms with Crippen LogP contribution in [0.15, 0.2) is 65.7 Å². The van der Waals surface area contributed by atoms with Crippen LogP contribution in [0.4, 0.5) is 4.79 Å². The predicted octanol–water partition coefficient (Wildman–Crippen LogP) is 4.26. The van der Waals surface area contributed by atoms with E-state index in [4.69, 9.17) is 5.73 Å². The van der Waals surface area contributed by atoms with Crippen molar-refractivity contribution >= 4 is 11.7 Å². The second-order valence-corrected chi connectivity index (χ2v) is 5.88. The molecule has 1 saturated carbocycles. The number of carbonyl (C=O) groups excluding carboxylic acids is 1. The Morgan fingerprint density at radius 2 is 1.32 bits per heavy atom. The van der Waals surface area contributed by atoms with E-state index in [-0.39, 0.29) is 0 Å². The first-order valence-corrected chi connectivity index (χ1v) is 7.68. The minimum Gasteiger partial charge on any atom is -0.350 e. The Kier molecular flexibility index (Phi) is 4.33. The summed E-state index contributed by atoms with van der Waals surface area (Å²) in [6.45, 7) is 0. The number of nitrogens with zero attached hydrogens (tertiary/aromatic N) is 1. The molecule has 0 aliphatic heterocycles. The standard InChI is InChI=1S/C19H20N2O/c20-19(22)21-18-12-16(14-7-3-1-4-8-14)11-17(13-18)15-9-5-2-6-10-15/h1-10,16-17H,11-13H2,(H2,20,22). The van der Waals surface area contributed by atoms with Gasteiger partial charge in [-0.25, -0.2) is 9.79 Å². The molecule has 2 aromatic rings. The average molecular weight is 292 g/mol. The van der Waals surface area contributed by atoms with Gasteiger partial charge in [0.25, 0.3) is 0 Å². The smallest absolute Gasteiger partial charge is 0.338 e. The third-order valence-corrected chi connectivity index (χ3v) is 4.34. The van der Waals surface area contributed by atoms with Crippen LogP contribution in [0, 0.1) is 0 Å². The molecule has 3 heteroatoms. The van der Waals surface area contributed by atoms with Gasteiger partial charge in [-0.3, -0.25) is 0 Å². The molecular formula is C19H20N2O. The zero-order valence-electron chi connectivity index (χ0n) is 12.5. The van der Waals surface area contributed by atoms with Gasteiger partial charge in [-0.1, -0.05) is 60.7 Å². The second-order valence-electron chi connectivity index (χ2n) is 5.88. The Hall–Kier alpha value is -2.42. The molecule has 2 N–H and O–H groups in total. The maximum atomic E-state index is 11.2. The molecule has 0 bridgehead atoms. The predicted molar refractivity (Wildman–Crippen MR) is 89.2 cm³/mol. The molecule has 0 radical (unpaired) electrons. The van der Waals surface area contributed by atoms with Crippen molar-refractivity contribution in [2.75, 3.05) is 0 Å². The van der Waals surface area contributed by atoms with Gasteiger partial charge in [-0.15, -0.1) is 0 Å². The maximum absolute atomic E-state index is 11.2. The van der Waals surface area contributed by atoms with Crippen LogP contribution in [0.25, 0.3) is 0 Å². The quantitative estimate of drug-likeness (QED) is 0.883. The molecule has 0 spiro atoms. The number of hydrogen-bond donors (Lipinski definition) is 1. The zero-order valence-corrected chi connectivity index (χ0v) is 12.5. The highest BCUT2D eigenvalue weighted by Gasteiger charge is 2.28. The van der Waals surface area contributed by atoms with Crippen molar-refractivity contribution in [2.45, 2.75) is 31.1 Å². The lowest BCUT2D eigenvalue weighted by Crippen LogP contribution is -2.22. The largest absolute Gasteiger partial charge is 0.350 e. The van der Waals surface area contributed by atoms with Crippen LogP contribution in [0.1, 0.15) is 42.2 Å². The van der Waals surface area contributed by atoms with Gasteiger partial charge in [0, 0.05) is 5.71 Å². The Balaban J connectivity index is 1.90. The molecule has 22 heavy (non-hydrogen) atoms. The molecule has 3 rings (SSSR count). The van der Waals surface area contributed by atoms with Crippen LogP contribution >= 0.6 is 0 Å². The van der Waals surface area contributed by atoms with E-state index < -0.39 is 6.03 Å². The highest BCUT2D eigenvalue weighted by atomic mass is 16.2. The number of aliphatic imine (C=N–C) groups is 1. The maximum Gasteiger partial charge on any atom is 0.338 e. The lowest BCUT2D eigenvalue weighted by molar-refractivity contribution is 0.256. The lowest BCUT2D eigenvalue weighted by Gasteiger charge is -2.31. The van der Waals surface area contributed by atoms with Crippen LogP contribution < -0.4 is 5.73 Å². The molecule has 1 aliphatic rings. The van der Waals surface area contributed by atoms with Crippen LogP contribution in [-0.2, 0) is 0 Å². The summed E-state index contributed by atoms with van der Waals surface area (Å²) in [4.78, 5) is 15.2. The molecule has 1 fully saturated rings. The SMILES string of the molecule is NC(=O)N=C1CC(c2ccccc2)CC(c2ccccc2)C1. The summed E-state index contributed by atoms with van der Waals surface area (Å²) >= 11 is 0. The number of primary amides is 1. The molecule has 2 atom stereocenters. The summed E-state index contributed by atoms with van der Waals surface area (Å²) in [5.41, 5.74) is 8.79.